The van der Waals surface area contributed by atoms with Gasteiger partial charge in [-0.25, -0.2) is 17.7 Å². The van der Waals surface area contributed by atoms with Crippen LogP contribution in [0.4, 0.5) is 5.82 Å². The third kappa shape index (κ3) is 3.72. The molecule has 0 amide bonds. The van der Waals surface area contributed by atoms with Crippen LogP contribution in [0.5, 0.6) is 0 Å². The lowest BCUT2D eigenvalue weighted by Crippen LogP contribution is -2.22. The van der Waals surface area contributed by atoms with Gasteiger partial charge in [-0.3, -0.25) is 0 Å². The number of aromatic nitrogens is 1. The molecule has 0 aliphatic rings. The van der Waals surface area contributed by atoms with E-state index in [9.17, 15) is 8.42 Å². The van der Waals surface area contributed by atoms with E-state index in [1.54, 1.807) is 13.0 Å². The third-order valence-electron chi connectivity index (χ3n) is 2.25. The zero-order valence-electron chi connectivity index (χ0n) is 10.8. The Balaban J connectivity index is 2.71. The number of rotatable bonds is 5. The summed E-state index contributed by atoms with van der Waals surface area (Å²) in [5.41, 5.74) is 0. The number of hydrogen-bond donors (Lipinski definition) is 1. The topological polar surface area (TPSA) is 62.3 Å². The second-order valence-corrected chi connectivity index (χ2v) is 5.92. The standard InChI is InChI=1S/C12H17N3O2S/c1-4-5-6-9-13-12-8-7-11(10-14-12)18(16,17)15(2)3/h7-8,10H,6,9H2,1-3H3,(H,13,14). The summed E-state index contributed by atoms with van der Waals surface area (Å²) < 4.78 is 24.7. The maximum absolute atomic E-state index is 11.8. The molecule has 1 N–H and O–H groups in total. The summed E-state index contributed by atoms with van der Waals surface area (Å²) >= 11 is 0. The minimum Gasteiger partial charge on any atom is -0.369 e. The van der Waals surface area contributed by atoms with E-state index in [0.717, 1.165) is 10.7 Å². The molecule has 0 saturated heterocycles. The number of nitrogens with zero attached hydrogens (tertiary/aromatic N) is 2. The van der Waals surface area contributed by atoms with Crippen molar-refractivity contribution < 1.29 is 8.42 Å². The maximum atomic E-state index is 11.8. The van der Waals surface area contributed by atoms with E-state index >= 15 is 0 Å². The van der Waals surface area contributed by atoms with Crippen LogP contribution in [-0.4, -0.2) is 38.3 Å². The van der Waals surface area contributed by atoms with Crippen molar-refractivity contribution in [2.24, 2.45) is 0 Å². The van der Waals surface area contributed by atoms with Crippen molar-refractivity contribution in [3.05, 3.63) is 18.3 Å². The monoisotopic (exact) mass is 267 g/mol. The molecule has 0 unspecified atom stereocenters. The maximum Gasteiger partial charge on any atom is 0.244 e. The fourth-order valence-electron chi connectivity index (χ4n) is 1.23. The molecule has 0 atom stereocenters. The largest absolute Gasteiger partial charge is 0.369 e. The SMILES string of the molecule is CC#CCCNc1ccc(S(=O)(=O)N(C)C)cn1. The number of pyridine rings is 1. The smallest absolute Gasteiger partial charge is 0.244 e. The molecule has 1 rings (SSSR count). The second kappa shape index (κ2) is 6.38. The molecule has 5 nitrogen and oxygen atoms in total. The lowest BCUT2D eigenvalue weighted by atomic mass is 10.4. The highest BCUT2D eigenvalue weighted by Gasteiger charge is 2.16. The van der Waals surface area contributed by atoms with E-state index in [1.165, 1.54) is 26.4 Å². The lowest BCUT2D eigenvalue weighted by Gasteiger charge is -2.11. The van der Waals surface area contributed by atoms with Gasteiger partial charge < -0.3 is 5.32 Å². The average molecular weight is 267 g/mol. The fraction of sp³-hybridized carbons (Fsp3) is 0.417. The van der Waals surface area contributed by atoms with Gasteiger partial charge in [0.15, 0.2) is 0 Å². The van der Waals surface area contributed by atoms with Crippen LogP contribution in [0, 0.1) is 11.8 Å². The zero-order chi connectivity index (χ0) is 13.6. The number of nitrogens with one attached hydrogen (secondary N) is 1. The minimum absolute atomic E-state index is 0.186. The van der Waals surface area contributed by atoms with E-state index in [1.807, 2.05) is 0 Å². The van der Waals surface area contributed by atoms with Crippen molar-refractivity contribution in [2.45, 2.75) is 18.2 Å². The van der Waals surface area contributed by atoms with Crippen molar-refractivity contribution in [3.8, 4) is 11.8 Å². The van der Waals surface area contributed by atoms with Crippen LogP contribution < -0.4 is 5.32 Å². The fourth-order valence-corrected chi connectivity index (χ4v) is 2.07. The van der Waals surface area contributed by atoms with Crippen LogP contribution in [0.2, 0.25) is 0 Å². The van der Waals surface area contributed by atoms with Crippen LogP contribution in [0.3, 0.4) is 0 Å². The van der Waals surface area contributed by atoms with Gasteiger partial charge in [-0.1, -0.05) is 0 Å². The molecule has 0 saturated carbocycles. The molecule has 6 heteroatoms. The molecule has 1 aromatic heterocycles. The quantitative estimate of drug-likeness (QED) is 0.642. The van der Waals surface area contributed by atoms with Crippen LogP contribution in [0.1, 0.15) is 13.3 Å². The number of anilines is 1. The first kappa shape index (κ1) is 14.5. The van der Waals surface area contributed by atoms with E-state index in [4.69, 9.17) is 0 Å². The van der Waals surface area contributed by atoms with E-state index < -0.39 is 10.0 Å². The van der Waals surface area contributed by atoms with Crippen molar-refractivity contribution in [1.29, 1.82) is 0 Å². The lowest BCUT2D eigenvalue weighted by molar-refractivity contribution is 0.520. The summed E-state index contributed by atoms with van der Waals surface area (Å²) in [6.07, 6.45) is 2.08. The molecule has 0 radical (unpaired) electrons. The Kier molecular flexibility index (Phi) is 5.13. The molecule has 0 aromatic carbocycles. The summed E-state index contributed by atoms with van der Waals surface area (Å²) in [6, 6.07) is 3.19. The van der Waals surface area contributed by atoms with Gasteiger partial charge in [0.2, 0.25) is 10.0 Å². The molecule has 0 bridgehead atoms. The van der Waals surface area contributed by atoms with E-state index in [-0.39, 0.29) is 4.90 Å². The number of sulfonamides is 1. The summed E-state index contributed by atoms with van der Waals surface area (Å²) in [6.45, 7) is 2.48. The molecular formula is C12H17N3O2S. The Morgan fingerprint density at radius 2 is 2.11 bits per heavy atom. The molecule has 0 fully saturated rings. The molecule has 1 aromatic rings. The second-order valence-electron chi connectivity index (χ2n) is 3.77. The normalized spacial score (nSPS) is 10.9. The first-order chi connectivity index (χ1) is 8.48. The molecule has 0 spiro atoms. The van der Waals surface area contributed by atoms with Gasteiger partial charge in [0.1, 0.15) is 10.7 Å². The average Bonchev–Trinajstić information content (AvgIpc) is 2.35. The zero-order valence-corrected chi connectivity index (χ0v) is 11.6. The first-order valence-electron chi connectivity index (χ1n) is 5.50. The van der Waals surface area contributed by atoms with Gasteiger partial charge in [-0.2, -0.15) is 0 Å². The van der Waals surface area contributed by atoms with Crippen molar-refractivity contribution in [1.82, 2.24) is 9.29 Å². The highest BCUT2D eigenvalue weighted by molar-refractivity contribution is 7.89. The van der Waals surface area contributed by atoms with Crippen LogP contribution in [0.25, 0.3) is 0 Å². The van der Waals surface area contributed by atoms with Gasteiger partial charge in [0, 0.05) is 33.3 Å². The van der Waals surface area contributed by atoms with Gasteiger partial charge in [0.05, 0.1) is 0 Å². The van der Waals surface area contributed by atoms with Crippen LogP contribution >= 0.6 is 0 Å². The first-order valence-corrected chi connectivity index (χ1v) is 6.94. The molecule has 98 valence electrons. The third-order valence-corrected chi connectivity index (χ3v) is 4.05. The van der Waals surface area contributed by atoms with Crippen LogP contribution in [0.15, 0.2) is 23.2 Å². The molecule has 0 aliphatic heterocycles. The molecular weight excluding hydrogens is 250 g/mol. The van der Waals surface area contributed by atoms with Crippen molar-refractivity contribution in [3.63, 3.8) is 0 Å². The van der Waals surface area contributed by atoms with Crippen LogP contribution in [-0.2, 0) is 10.0 Å². The summed E-state index contributed by atoms with van der Waals surface area (Å²) in [5, 5.41) is 3.07. The predicted molar refractivity (Wildman–Crippen MR) is 71.7 cm³/mol. The molecule has 18 heavy (non-hydrogen) atoms. The van der Waals surface area contributed by atoms with Gasteiger partial charge in [0.25, 0.3) is 0 Å². The highest BCUT2D eigenvalue weighted by atomic mass is 32.2. The molecule has 0 aliphatic carbocycles. The Morgan fingerprint density at radius 1 is 1.39 bits per heavy atom. The Labute approximate surface area is 108 Å². The van der Waals surface area contributed by atoms with Gasteiger partial charge >= 0.3 is 0 Å². The molecule has 1 heterocycles. The van der Waals surface area contributed by atoms with Gasteiger partial charge in [-0.05, 0) is 19.1 Å². The summed E-state index contributed by atoms with van der Waals surface area (Å²) in [4.78, 5) is 4.25. The van der Waals surface area contributed by atoms with Crippen molar-refractivity contribution in [2.75, 3.05) is 26.0 Å². The Bertz CT molecular complexity index is 539. The van der Waals surface area contributed by atoms with Crippen molar-refractivity contribution >= 4 is 15.8 Å². The Morgan fingerprint density at radius 3 is 2.61 bits per heavy atom. The summed E-state index contributed by atoms with van der Waals surface area (Å²) in [7, 11) is -0.420. The Hall–Kier alpha value is -1.58. The van der Waals surface area contributed by atoms with E-state index in [0.29, 0.717) is 12.4 Å². The number of hydrogen-bond acceptors (Lipinski definition) is 4. The predicted octanol–water partition coefficient (Wildman–Crippen LogP) is 1.16. The summed E-state index contributed by atoms with van der Waals surface area (Å²) in [5.74, 6) is 6.37. The van der Waals surface area contributed by atoms with E-state index in [2.05, 4.69) is 22.1 Å². The minimum atomic E-state index is -3.40. The van der Waals surface area contributed by atoms with Gasteiger partial charge in [-0.15, -0.1) is 11.8 Å². The highest BCUT2D eigenvalue weighted by Crippen LogP contribution is 2.13.